The Bertz CT molecular complexity index is 854. The number of allylic oxidation sites excluding steroid dienone is 1. The molecule has 0 N–H and O–H groups in total. The maximum absolute atomic E-state index is 12.4. The topological polar surface area (TPSA) is 69.7 Å². The van der Waals surface area contributed by atoms with Gasteiger partial charge in [0.25, 0.3) is 0 Å². The fraction of sp³-hybridized carbons (Fsp3) is 0.190. The minimum absolute atomic E-state index is 0.153. The van der Waals surface area contributed by atoms with Gasteiger partial charge in [0.05, 0.1) is 11.7 Å². The molecule has 0 saturated carbocycles. The van der Waals surface area contributed by atoms with E-state index in [0.717, 1.165) is 0 Å². The van der Waals surface area contributed by atoms with Crippen LogP contribution >= 0.6 is 0 Å². The fourth-order valence-corrected chi connectivity index (χ4v) is 2.67. The molecule has 2 aromatic rings. The van der Waals surface area contributed by atoms with Gasteiger partial charge in [-0.1, -0.05) is 36.4 Å². The fourth-order valence-electron chi connectivity index (χ4n) is 2.67. The third kappa shape index (κ3) is 3.72. The molecule has 2 aromatic carbocycles. The van der Waals surface area contributed by atoms with Crippen molar-refractivity contribution in [2.45, 2.75) is 20.0 Å². The van der Waals surface area contributed by atoms with Crippen LogP contribution in [0.25, 0.3) is 6.08 Å². The molecule has 5 nitrogen and oxygen atoms in total. The number of carbonyl (C=O) groups is 3. The Morgan fingerprint density at radius 1 is 0.962 bits per heavy atom. The van der Waals surface area contributed by atoms with Crippen LogP contribution in [0, 0.1) is 0 Å². The maximum Gasteiger partial charge on any atom is 0.344 e. The lowest BCUT2D eigenvalue weighted by Crippen LogP contribution is -2.18. The molecule has 0 fully saturated rings. The van der Waals surface area contributed by atoms with Gasteiger partial charge in [0.1, 0.15) is 5.75 Å². The Kier molecular flexibility index (Phi) is 4.98. The summed E-state index contributed by atoms with van der Waals surface area (Å²) >= 11 is 0. The van der Waals surface area contributed by atoms with Gasteiger partial charge in [-0.05, 0) is 37.6 Å². The largest absolute Gasteiger partial charge is 0.482 e. The Balaban J connectivity index is 1.70. The van der Waals surface area contributed by atoms with E-state index in [0.29, 0.717) is 22.4 Å². The molecule has 26 heavy (non-hydrogen) atoms. The molecule has 132 valence electrons. The van der Waals surface area contributed by atoms with Crippen LogP contribution in [0.1, 0.15) is 40.1 Å². The normalized spacial score (nSPS) is 13.0. The highest BCUT2D eigenvalue weighted by molar-refractivity contribution is 6.41. The van der Waals surface area contributed by atoms with E-state index in [9.17, 15) is 14.4 Å². The smallest absolute Gasteiger partial charge is 0.344 e. The van der Waals surface area contributed by atoms with E-state index in [-0.39, 0.29) is 29.9 Å². The molecular formula is C21H18O5. The third-order valence-electron chi connectivity index (χ3n) is 3.82. The highest BCUT2D eigenvalue weighted by Crippen LogP contribution is 2.28. The molecule has 0 heterocycles. The van der Waals surface area contributed by atoms with Crippen LogP contribution in [-0.2, 0) is 9.53 Å². The second-order valence-corrected chi connectivity index (χ2v) is 6.16. The second kappa shape index (κ2) is 7.35. The van der Waals surface area contributed by atoms with E-state index >= 15 is 0 Å². The first-order valence-electron chi connectivity index (χ1n) is 8.28. The molecular weight excluding hydrogens is 332 g/mol. The summed E-state index contributed by atoms with van der Waals surface area (Å²) in [6, 6.07) is 13.6. The lowest BCUT2D eigenvalue weighted by Gasteiger charge is -2.09. The standard InChI is InChI=1S/C21H18O5/c1-13(2)26-19(22)12-25-15-9-7-14(8-10-15)11-18-20(23)16-5-3-4-6-17(16)21(18)24/h3-11,13H,12H2,1-2H3. The molecule has 0 aliphatic heterocycles. The summed E-state index contributed by atoms with van der Waals surface area (Å²) in [5.41, 5.74) is 1.73. The van der Waals surface area contributed by atoms with Gasteiger partial charge in [-0.3, -0.25) is 9.59 Å². The monoisotopic (exact) mass is 350 g/mol. The quantitative estimate of drug-likeness (QED) is 0.469. The number of benzene rings is 2. The minimum Gasteiger partial charge on any atom is -0.482 e. The molecule has 5 heteroatoms. The lowest BCUT2D eigenvalue weighted by molar-refractivity contribution is -0.149. The second-order valence-electron chi connectivity index (χ2n) is 6.16. The molecule has 1 aliphatic carbocycles. The van der Waals surface area contributed by atoms with Crippen LogP contribution in [0.15, 0.2) is 54.1 Å². The zero-order valence-corrected chi connectivity index (χ0v) is 14.5. The SMILES string of the molecule is CC(C)OC(=O)COc1ccc(C=C2C(=O)c3ccccc3C2=O)cc1. The first kappa shape index (κ1) is 17.6. The van der Waals surface area contributed by atoms with Crippen LogP contribution in [0.4, 0.5) is 0 Å². The van der Waals surface area contributed by atoms with Gasteiger partial charge in [0.2, 0.25) is 0 Å². The average molecular weight is 350 g/mol. The number of ketones is 2. The Hall–Kier alpha value is -3.21. The van der Waals surface area contributed by atoms with Crippen molar-refractivity contribution in [2.75, 3.05) is 6.61 Å². The zero-order chi connectivity index (χ0) is 18.7. The van der Waals surface area contributed by atoms with E-state index < -0.39 is 5.97 Å². The minimum atomic E-state index is -0.439. The van der Waals surface area contributed by atoms with Gasteiger partial charge in [0.15, 0.2) is 18.2 Å². The summed E-state index contributed by atoms with van der Waals surface area (Å²) < 4.78 is 10.3. The molecule has 0 bridgehead atoms. The molecule has 0 amide bonds. The Labute approximate surface area is 151 Å². The summed E-state index contributed by atoms with van der Waals surface area (Å²) in [7, 11) is 0. The van der Waals surface area contributed by atoms with Gasteiger partial charge >= 0.3 is 5.97 Å². The molecule has 0 radical (unpaired) electrons. The number of hydrogen-bond donors (Lipinski definition) is 0. The molecule has 0 spiro atoms. The van der Waals surface area contributed by atoms with E-state index in [1.807, 2.05) is 0 Å². The molecule has 3 rings (SSSR count). The van der Waals surface area contributed by atoms with Crippen LogP contribution in [0.5, 0.6) is 5.75 Å². The number of hydrogen-bond acceptors (Lipinski definition) is 5. The number of ether oxygens (including phenoxy) is 2. The van der Waals surface area contributed by atoms with Crippen molar-refractivity contribution in [2.24, 2.45) is 0 Å². The van der Waals surface area contributed by atoms with Crippen molar-refractivity contribution in [1.29, 1.82) is 0 Å². The van der Waals surface area contributed by atoms with Gasteiger partial charge in [0, 0.05) is 11.1 Å². The van der Waals surface area contributed by atoms with Crippen molar-refractivity contribution in [1.82, 2.24) is 0 Å². The van der Waals surface area contributed by atoms with E-state index in [1.165, 1.54) is 0 Å². The van der Waals surface area contributed by atoms with Crippen molar-refractivity contribution in [3.05, 3.63) is 70.8 Å². The van der Waals surface area contributed by atoms with Crippen molar-refractivity contribution >= 4 is 23.6 Å². The first-order chi connectivity index (χ1) is 12.5. The van der Waals surface area contributed by atoms with Gasteiger partial charge in [-0.25, -0.2) is 4.79 Å². The number of Topliss-reactive ketones (excluding diaryl/α,β-unsaturated/α-hetero) is 2. The summed E-state index contributed by atoms with van der Waals surface area (Å²) in [5.74, 6) is -0.462. The van der Waals surface area contributed by atoms with Crippen molar-refractivity contribution < 1.29 is 23.9 Å². The zero-order valence-electron chi connectivity index (χ0n) is 14.5. The van der Waals surface area contributed by atoms with Crippen molar-refractivity contribution in [3.63, 3.8) is 0 Å². The summed E-state index contributed by atoms with van der Waals surface area (Å²) in [6.45, 7) is 3.36. The lowest BCUT2D eigenvalue weighted by atomic mass is 10.1. The Morgan fingerprint density at radius 2 is 1.54 bits per heavy atom. The summed E-state index contributed by atoms with van der Waals surface area (Å²) in [6.07, 6.45) is 1.38. The molecule has 0 unspecified atom stereocenters. The molecule has 0 aromatic heterocycles. The summed E-state index contributed by atoms with van der Waals surface area (Å²) in [4.78, 5) is 36.2. The maximum atomic E-state index is 12.4. The van der Waals surface area contributed by atoms with Gasteiger partial charge in [-0.2, -0.15) is 0 Å². The number of carbonyl (C=O) groups excluding carboxylic acids is 3. The predicted molar refractivity (Wildman–Crippen MR) is 96.2 cm³/mol. The highest BCUT2D eigenvalue weighted by atomic mass is 16.6. The van der Waals surface area contributed by atoms with Gasteiger partial charge in [-0.15, -0.1) is 0 Å². The van der Waals surface area contributed by atoms with Gasteiger partial charge < -0.3 is 9.47 Å². The average Bonchev–Trinajstić information content (AvgIpc) is 2.86. The summed E-state index contributed by atoms with van der Waals surface area (Å²) in [5, 5.41) is 0. The third-order valence-corrected chi connectivity index (χ3v) is 3.82. The molecule has 1 aliphatic rings. The van der Waals surface area contributed by atoms with E-state index in [1.54, 1.807) is 68.5 Å². The predicted octanol–water partition coefficient (Wildman–Crippen LogP) is 3.48. The van der Waals surface area contributed by atoms with Crippen LogP contribution in [0.3, 0.4) is 0 Å². The van der Waals surface area contributed by atoms with Crippen LogP contribution < -0.4 is 4.74 Å². The Morgan fingerprint density at radius 3 is 2.08 bits per heavy atom. The number of fused-ring (bicyclic) bond motifs is 1. The van der Waals surface area contributed by atoms with Crippen LogP contribution in [-0.4, -0.2) is 30.2 Å². The number of rotatable bonds is 5. The van der Waals surface area contributed by atoms with E-state index in [4.69, 9.17) is 9.47 Å². The van der Waals surface area contributed by atoms with Crippen molar-refractivity contribution in [3.8, 4) is 5.75 Å². The first-order valence-corrected chi connectivity index (χ1v) is 8.28. The highest BCUT2D eigenvalue weighted by Gasteiger charge is 2.32. The van der Waals surface area contributed by atoms with Crippen LogP contribution in [0.2, 0.25) is 0 Å². The molecule has 0 atom stereocenters. The number of esters is 1. The molecule has 0 saturated heterocycles. The van der Waals surface area contributed by atoms with E-state index in [2.05, 4.69) is 0 Å².